The van der Waals surface area contributed by atoms with Crippen LogP contribution in [0.4, 0.5) is 10.1 Å². The maximum Gasteiger partial charge on any atom is 0.251 e. The summed E-state index contributed by atoms with van der Waals surface area (Å²) < 4.78 is 38.4. The van der Waals surface area contributed by atoms with Gasteiger partial charge in [0.25, 0.3) is 5.91 Å². The van der Waals surface area contributed by atoms with E-state index in [4.69, 9.17) is 0 Å². The Hall–Kier alpha value is -2.41. The van der Waals surface area contributed by atoms with Gasteiger partial charge < -0.3 is 5.32 Å². The van der Waals surface area contributed by atoms with Crippen molar-refractivity contribution in [2.75, 3.05) is 11.0 Å². The molecular formula is C16H17FN2O3S. The molecule has 0 fully saturated rings. The molecular weight excluding hydrogens is 319 g/mol. The van der Waals surface area contributed by atoms with Gasteiger partial charge in [0.1, 0.15) is 5.82 Å². The third kappa shape index (κ3) is 4.79. The molecule has 0 bridgehead atoms. The Morgan fingerprint density at radius 3 is 2.48 bits per heavy atom. The molecule has 2 aromatic carbocycles. The van der Waals surface area contributed by atoms with E-state index in [0.717, 1.165) is 12.3 Å². The number of hydrogen-bond acceptors (Lipinski definition) is 3. The summed E-state index contributed by atoms with van der Waals surface area (Å²) >= 11 is 0. The molecule has 2 aromatic rings. The van der Waals surface area contributed by atoms with E-state index in [1.54, 1.807) is 31.2 Å². The van der Waals surface area contributed by atoms with Gasteiger partial charge in [-0.15, -0.1) is 0 Å². The zero-order valence-electron chi connectivity index (χ0n) is 12.7. The Kier molecular flexibility index (Phi) is 5.00. The zero-order valence-corrected chi connectivity index (χ0v) is 13.5. The second-order valence-corrected chi connectivity index (χ2v) is 6.92. The third-order valence-electron chi connectivity index (χ3n) is 3.16. The molecule has 0 aliphatic carbocycles. The van der Waals surface area contributed by atoms with Crippen molar-refractivity contribution in [3.63, 3.8) is 0 Å². The predicted octanol–water partition coefficient (Wildman–Crippen LogP) is 2.69. The van der Waals surface area contributed by atoms with Gasteiger partial charge >= 0.3 is 0 Å². The maximum atomic E-state index is 13.2. The van der Waals surface area contributed by atoms with Gasteiger partial charge in [0.15, 0.2) is 0 Å². The molecule has 0 aliphatic heterocycles. The van der Waals surface area contributed by atoms with Crippen molar-refractivity contribution in [2.45, 2.75) is 13.0 Å². The van der Waals surface area contributed by atoms with Gasteiger partial charge in [-0.3, -0.25) is 9.52 Å². The molecule has 0 heterocycles. The van der Waals surface area contributed by atoms with Crippen molar-refractivity contribution in [1.82, 2.24) is 5.32 Å². The Morgan fingerprint density at radius 1 is 1.13 bits per heavy atom. The van der Waals surface area contributed by atoms with Crippen molar-refractivity contribution < 1.29 is 17.6 Å². The normalized spacial score (nSPS) is 12.5. The molecule has 5 nitrogen and oxygen atoms in total. The van der Waals surface area contributed by atoms with Crippen LogP contribution in [0.5, 0.6) is 0 Å². The highest BCUT2D eigenvalue weighted by atomic mass is 32.2. The maximum absolute atomic E-state index is 13.2. The fraction of sp³-hybridized carbons (Fsp3) is 0.188. The minimum atomic E-state index is -3.43. The van der Waals surface area contributed by atoms with E-state index in [1.165, 1.54) is 18.2 Å². The summed E-state index contributed by atoms with van der Waals surface area (Å²) in [6.07, 6.45) is 1.06. The number of para-hydroxylation sites is 1. The lowest BCUT2D eigenvalue weighted by Gasteiger charge is -2.18. The van der Waals surface area contributed by atoms with Crippen LogP contribution in [-0.4, -0.2) is 20.6 Å². The predicted molar refractivity (Wildman–Crippen MR) is 87.2 cm³/mol. The average molecular weight is 336 g/mol. The first-order valence-electron chi connectivity index (χ1n) is 6.89. The number of halogens is 1. The highest BCUT2D eigenvalue weighted by Gasteiger charge is 2.16. The van der Waals surface area contributed by atoms with Crippen molar-refractivity contribution in [2.24, 2.45) is 0 Å². The summed E-state index contributed by atoms with van der Waals surface area (Å²) in [4.78, 5) is 12.2. The van der Waals surface area contributed by atoms with Gasteiger partial charge in [-0.05, 0) is 36.8 Å². The topological polar surface area (TPSA) is 75.3 Å². The van der Waals surface area contributed by atoms with Gasteiger partial charge in [-0.25, -0.2) is 12.8 Å². The van der Waals surface area contributed by atoms with E-state index in [9.17, 15) is 17.6 Å². The van der Waals surface area contributed by atoms with E-state index < -0.39 is 27.8 Å². The van der Waals surface area contributed by atoms with Gasteiger partial charge in [0, 0.05) is 5.56 Å². The smallest absolute Gasteiger partial charge is 0.251 e. The zero-order chi connectivity index (χ0) is 17.0. The quantitative estimate of drug-likeness (QED) is 0.881. The molecule has 0 radical (unpaired) electrons. The fourth-order valence-corrected chi connectivity index (χ4v) is 2.74. The highest BCUT2D eigenvalue weighted by Crippen LogP contribution is 2.23. The monoisotopic (exact) mass is 336 g/mol. The Morgan fingerprint density at radius 2 is 1.83 bits per heavy atom. The van der Waals surface area contributed by atoms with Crippen molar-refractivity contribution in [1.29, 1.82) is 0 Å². The first kappa shape index (κ1) is 17.0. The Labute approximate surface area is 134 Å². The number of anilines is 1. The summed E-state index contributed by atoms with van der Waals surface area (Å²) in [5, 5.41) is 2.73. The van der Waals surface area contributed by atoms with E-state index in [1.807, 2.05) is 0 Å². The number of benzene rings is 2. The second kappa shape index (κ2) is 6.78. The third-order valence-corrected chi connectivity index (χ3v) is 3.75. The number of sulfonamides is 1. The molecule has 2 N–H and O–H groups in total. The van der Waals surface area contributed by atoms with Crippen LogP contribution in [0.25, 0.3) is 0 Å². The summed E-state index contributed by atoms with van der Waals surface area (Å²) in [6.45, 7) is 1.72. The first-order chi connectivity index (χ1) is 10.8. The number of carbonyl (C=O) groups is 1. The molecule has 0 aromatic heterocycles. The van der Waals surface area contributed by atoms with Crippen LogP contribution in [0, 0.1) is 5.82 Å². The molecule has 0 unspecified atom stereocenters. The molecule has 23 heavy (non-hydrogen) atoms. The molecule has 1 amide bonds. The average Bonchev–Trinajstić information content (AvgIpc) is 2.46. The minimum absolute atomic E-state index is 0.199. The fourth-order valence-electron chi connectivity index (χ4n) is 2.15. The molecule has 122 valence electrons. The van der Waals surface area contributed by atoms with Crippen LogP contribution in [-0.2, 0) is 10.0 Å². The minimum Gasteiger partial charge on any atom is -0.345 e. The molecule has 0 saturated heterocycles. The lowest BCUT2D eigenvalue weighted by molar-refractivity contribution is 0.0939. The van der Waals surface area contributed by atoms with Crippen LogP contribution in [0.3, 0.4) is 0 Å². The van der Waals surface area contributed by atoms with Gasteiger partial charge in [0.05, 0.1) is 18.0 Å². The largest absolute Gasteiger partial charge is 0.345 e. The molecule has 0 aliphatic rings. The number of carbonyl (C=O) groups excluding carboxylic acids is 1. The number of nitrogens with one attached hydrogen (secondary N) is 2. The lowest BCUT2D eigenvalue weighted by atomic mass is 10.1. The molecule has 1 atom stereocenters. The molecule has 2 rings (SSSR count). The van der Waals surface area contributed by atoms with Crippen LogP contribution >= 0.6 is 0 Å². The first-order valence-corrected chi connectivity index (χ1v) is 8.78. The number of hydrogen-bond donors (Lipinski definition) is 2. The van der Waals surface area contributed by atoms with Crippen LogP contribution in [0.15, 0.2) is 48.5 Å². The van der Waals surface area contributed by atoms with Crippen molar-refractivity contribution in [3.8, 4) is 0 Å². The summed E-state index contributed by atoms with van der Waals surface area (Å²) in [6, 6.07) is 11.7. The summed E-state index contributed by atoms with van der Waals surface area (Å²) in [7, 11) is -3.43. The van der Waals surface area contributed by atoms with E-state index in [2.05, 4.69) is 10.0 Å². The van der Waals surface area contributed by atoms with Crippen LogP contribution in [0.1, 0.15) is 28.9 Å². The van der Waals surface area contributed by atoms with Crippen LogP contribution < -0.4 is 10.0 Å². The SMILES string of the molecule is C[C@H](NC(=O)c1cccc(F)c1)c1ccccc1NS(C)(=O)=O. The molecule has 0 spiro atoms. The van der Waals surface area contributed by atoms with Crippen LogP contribution in [0.2, 0.25) is 0 Å². The second-order valence-electron chi connectivity index (χ2n) is 5.17. The van der Waals surface area contributed by atoms with E-state index in [0.29, 0.717) is 11.3 Å². The van der Waals surface area contributed by atoms with Crippen molar-refractivity contribution >= 4 is 21.6 Å². The molecule has 0 saturated carbocycles. The van der Waals surface area contributed by atoms with Crippen molar-refractivity contribution in [3.05, 3.63) is 65.5 Å². The summed E-state index contributed by atoms with van der Waals surface area (Å²) in [5.41, 5.74) is 1.20. The standard InChI is InChI=1S/C16H17FN2O3S/c1-11(18-16(20)12-6-5-7-13(17)10-12)14-8-3-4-9-15(14)19-23(2,21)22/h3-11,19H,1-2H3,(H,18,20)/t11-/m0/s1. The number of rotatable bonds is 5. The van der Waals surface area contributed by atoms with Gasteiger partial charge in [-0.1, -0.05) is 24.3 Å². The number of amides is 1. The Bertz CT molecular complexity index is 822. The van der Waals surface area contributed by atoms with E-state index in [-0.39, 0.29) is 5.56 Å². The molecule has 7 heteroatoms. The highest BCUT2D eigenvalue weighted by molar-refractivity contribution is 7.92. The van der Waals surface area contributed by atoms with Gasteiger partial charge in [0.2, 0.25) is 10.0 Å². The lowest BCUT2D eigenvalue weighted by Crippen LogP contribution is -2.27. The summed E-state index contributed by atoms with van der Waals surface area (Å²) in [5.74, 6) is -0.935. The van der Waals surface area contributed by atoms with Gasteiger partial charge in [-0.2, -0.15) is 0 Å². The van der Waals surface area contributed by atoms with E-state index >= 15 is 0 Å². The Balaban J connectivity index is 2.21.